The normalized spacial score (nSPS) is 16.0. The summed E-state index contributed by atoms with van der Waals surface area (Å²) < 4.78 is 49.7. The third kappa shape index (κ3) is 5.98. The second kappa shape index (κ2) is 11.8. The van der Waals surface area contributed by atoms with Gasteiger partial charge in [0.05, 0.1) is 0 Å². The van der Waals surface area contributed by atoms with Crippen LogP contribution < -0.4 is 4.46 Å². The quantitative estimate of drug-likeness (QED) is 0.323. The van der Waals surface area contributed by atoms with Crippen molar-refractivity contribution >= 4 is 31.1 Å². The van der Waals surface area contributed by atoms with Gasteiger partial charge in [0.2, 0.25) is 0 Å². The topological polar surface area (TPSA) is 46.6 Å². The van der Waals surface area contributed by atoms with E-state index in [0.29, 0.717) is 31.4 Å². The van der Waals surface area contributed by atoms with Crippen LogP contribution >= 0.6 is 0 Å². The number of rotatable bonds is 10. The Morgan fingerprint density at radius 2 is 1.65 bits per heavy atom. The molecule has 0 unspecified atom stereocenters. The monoisotopic (exact) mass is 539 g/mol. The molecule has 0 aromatic heterocycles. The van der Waals surface area contributed by atoms with Crippen LogP contribution in [0, 0.1) is 0 Å². The average molecular weight is 538 g/mol. The molecule has 4 nitrogen and oxygen atoms in total. The van der Waals surface area contributed by atoms with E-state index in [9.17, 15) is 22.8 Å². The summed E-state index contributed by atoms with van der Waals surface area (Å²) in [7, 11) is 0.902. The zero-order chi connectivity index (χ0) is 24.6. The van der Waals surface area contributed by atoms with E-state index in [-0.39, 0.29) is 32.8 Å². The molecule has 3 rings (SSSR count). The van der Waals surface area contributed by atoms with E-state index in [1.165, 1.54) is 34.8 Å². The molecule has 0 aliphatic heterocycles. The van der Waals surface area contributed by atoms with Crippen molar-refractivity contribution in [2.45, 2.75) is 49.2 Å². The Hall–Kier alpha value is -2.41. The molecule has 1 aliphatic rings. The van der Waals surface area contributed by atoms with Crippen LogP contribution in [-0.4, -0.2) is 51.4 Å². The summed E-state index contributed by atoms with van der Waals surface area (Å²) in [5.74, 6) is -1.38. The average Bonchev–Trinajstić information content (AvgIpc) is 2.82. The fourth-order valence-corrected chi connectivity index (χ4v) is 5.99. The van der Waals surface area contributed by atoms with Crippen molar-refractivity contribution in [1.29, 1.82) is 0 Å². The maximum absolute atomic E-state index is 14.5. The number of ether oxygens (including phenoxy) is 1. The van der Waals surface area contributed by atoms with Crippen molar-refractivity contribution in [3.63, 3.8) is 0 Å². The Labute approximate surface area is 204 Å². The van der Waals surface area contributed by atoms with Gasteiger partial charge in [-0.3, -0.25) is 0 Å². The van der Waals surface area contributed by atoms with Gasteiger partial charge in [-0.25, -0.2) is 0 Å². The number of unbranched alkanes of at least 4 members (excludes halogenated alkanes) is 1. The standard InChI is InChI=1S/C26H28F3NO3Se/c1-33-25(26(27,28)29,20-11-4-2-5-12-20)24(32)30(21-13-10-14-22(31)19-21)17-8-9-18-34-23-15-6-3-7-16-23/h2-7,11-12,15-16,19H,8-10,13-14,17-18H2,1H3/t25-/m0/s1. The van der Waals surface area contributed by atoms with Crippen molar-refractivity contribution < 1.29 is 27.5 Å². The molecular formula is C26H28F3NO3Se. The predicted octanol–water partition coefficient (Wildman–Crippen LogP) is 4.78. The molecule has 2 aromatic rings. The molecule has 0 bridgehead atoms. The summed E-state index contributed by atoms with van der Waals surface area (Å²) >= 11 is 0.252. The van der Waals surface area contributed by atoms with E-state index in [4.69, 9.17) is 4.74 Å². The van der Waals surface area contributed by atoms with Crippen LogP contribution in [0.25, 0.3) is 0 Å². The van der Waals surface area contributed by atoms with Crippen molar-refractivity contribution in [1.82, 2.24) is 4.90 Å². The second-order valence-corrected chi connectivity index (χ2v) is 10.5. The molecular weight excluding hydrogens is 510 g/mol. The Balaban J connectivity index is 1.85. The fourth-order valence-electron chi connectivity index (χ4n) is 4.03. The third-order valence-corrected chi connectivity index (χ3v) is 8.05. The Morgan fingerprint density at radius 1 is 1.00 bits per heavy atom. The van der Waals surface area contributed by atoms with Crippen LogP contribution in [0.2, 0.25) is 5.32 Å². The molecule has 1 amide bonds. The summed E-state index contributed by atoms with van der Waals surface area (Å²) in [6.45, 7) is 0.0941. The molecule has 182 valence electrons. The van der Waals surface area contributed by atoms with E-state index in [2.05, 4.69) is 12.1 Å². The summed E-state index contributed by atoms with van der Waals surface area (Å²) in [6.07, 6.45) is -1.18. The Bertz CT molecular complexity index is 995. The van der Waals surface area contributed by atoms with E-state index >= 15 is 0 Å². The fraction of sp³-hybridized carbons (Fsp3) is 0.385. The van der Waals surface area contributed by atoms with Crippen molar-refractivity contribution in [3.8, 4) is 0 Å². The SMILES string of the molecule is CO[C@](C(=O)N(CCCC[Se]c1ccccc1)C1=CC(=O)CCC1)(c1ccccc1)C(F)(F)F. The summed E-state index contributed by atoms with van der Waals surface area (Å²) in [5.41, 5.74) is -3.10. The molecule has 1 aliphatic carbocycles. The summed E-state index contributed by atoms with van der Waals surface area (Å²) in [5, 5.41) is 0.907. The summed E-state index contributed by atoms with van der Waals surface area (Å²) in [4.78, 5) is 26.9. The van der Waals surface area contributed by atoms with Gasteiger partial charge in [0.15, 0.2) is 0 Å². The van der Waals surface area contributed by atoms with E-state index in [1.807, 2.05) is 18.2 Å². The van der Waals surface area contributed by atoms with E-state index in [1.54, 1.807) is 6.07 Å². The molecule has 2 aromatic carbocycles. The van der Waals surface area contributed by atoms with E-state index < -0.39 is 17.7 Å². The molecule has 34 heavy (non-hydrogen) atoms. The zero-order valence-electron chi connectivity index (χ0n) is 19.0. The van der Waals surface area contributed by atoms with Crippen molar-refractivity contribution in [2.24, 2.45) is 0 Å². The number of hydrogen-bond donors (Lipinski definition) is 0. The van der Waals surface area contributed by atoms with Crippen LogP contribution in [-0.2, 0) is 19.9 Å². The van der Waals surface area contributed by atoms with Crippen molar-refractivity contribution in [2.75, 3.05) is 13.7 Å². The minimum atomic E-state index is -4.99. The van der Waals surface area contributed by atoms with Crippen LogP contribution in [0.5, 0.6) is 0 Å². The molecule has 0 saturated heterocycles. The molecule has 8 heteroatoms. The number of nitrogens with zero attached hydrogens (tertiary/aromatic N) is 1. The summed E-state index contributed by atoms with van der Waals surface area (Å²) in [6, 6.07) is 17.0. The van der Waals surface area contributed by atoms with Gasteiger partial charge in [0.25, 0.3) is 0 Å². The van der Waals surface area contributed by atoms with Gasteiger partial charge in [0.1, 0.15) is 0 Å². The number of alkyl halides is 3. The van der Waals surface area contributed by atoms with Crippen LogP contribution in [0.1, 0.15) is 37.7 Å². The van der Waals surface area contributed by atoms with Gasteiger partial charge in [-0.05, 0) is 0 Å². The molecule has 0 N–H and O–H groups in total. The van der Waals surface area contributed by atoms with Gasteiger partial charge in [-0.15, -0.1) is 0 Å². The number of carbonyl (C=O) groups excluding carboxylic acids is 2. The number of benzene rings is 2. The second-order valence-electron chi connectivity index (χ2n) is 8.03. The maximum atomic E-state index is 14.5. The van der Waals surface area contributed by atoms with Gasteiger partial charge in [-0.1, -0.05) is 0 Å². The van der Waals surface area contributed by atoms with Gasteiger partial charge >= 0.3 is 204 Å². The van der Waals surface area contributed by atoms with Crippen LogP contribution in [0.4, 0.5) is 13.2 Å². The number of carbonyl (C=O) groups is 2. The Kier molecular flexibility index (Phi) is 9.11. The molecule has 0 spiro atoms. The van der Waals surface area contributed by atoms with Crippen LogP contribution in [0.15, 0.2) is 72.4 Å². The minimum absolute atomic E-state index is 0.0941. The van der Waals surface area contributed by atoms with Crippen LogP contribution in [0.3, 0.4) is 0 Å². The van der Waals surface area contributed by atoms with E-state index in [0.717, 1.165) is 23.7 Å². The Morgan fingerprint density at radius 3 is 2.24 bits per heavy atom. The van der Waals surface area contributed by atoms with Gasteiger partial charge in [-0.2, -0.15) is 0 Å². The molecule has 0 radical (unpaired) electrons. The first kappa shape index (κ1) is 26.2. The number of amides is 1. The van der Waals surface area contributed by atoms with Gasteiger partial charge < -0.3 is 0 Å². The third-order valence-electron chi connectivity index (χ3n) is 5.75. The van der Waals surface area contributed by atoms with Gasteiger partial charge in [0, 0.05) is 0 Å². The number of halogens is 3. The molecule has 1 atom stereocenters. The molecule has 0 fully saturated rings. The first-order chi connectivity index (χ1) is 16.3. The molecule has 0 saturated carbocycles. The first-order valence-corrected chi connectivity index (χ1v) is 13.3. The molecule has 0 heterocycles. The number of methoxy groups -OCH3 is 1. The number of hydrogen-bond acceptors (Lipinski definition) is 3. The zero-order valence-corrected chi connectivity index (χ0v) is 20.7. The van der Waals surface area contributed by atoms with Crippen molar-refractivity contribution in [3.05, 3.63) is 78.0 Å². The number of allylic oxidation sites excluding steroid dienone is 2. The first-order valence-electron chi connectivity index (χ1n) is 11.2. The predicted molar refractivity (Wildman–Crippen MR) is 126 cm³/mol. The number of ketones is 1.